The van der Waals surface area contributed by atoms with Crippen LogP contribution in [0.2, 0.25) is 5.15 Å². The fourth-order valence-electron chi connectivity index (χ4n) is 8.35. The summed E-state index contributed by atoms with van der Waals surface area (Å²) in [5, 5.41) is 21.1. The second-order valence-electron chi connectivity index (χ2n) is 16.1. The number of carboxylic acid groups (broad SMARTS) is 1. The molecule has 2 N–H and O–H groups in total. The SMILES string of the molecule is CC(C)(C(=O)Nc1nncs1)[C@H]1c2ccccc2Oc2nc(N3CCN(C(=O)N4CCCC4)CC3)ccc21.CC(C)(C(=O)O)[C@H]1c2ccccc2Oc2nc(Cl)ccc21. The Kier molecular flexibility index (Phi) is 10.9. The van der Waals surface area contributed by atoms with Gasteiger partial charge in [-0.1, -0.05) is 73.2 Å². The number of piperazine rings is 1. The van der Waals surface area contributed by atoms with Crippen LogP contribution in [-0.2, 0) is 9.59 Å². The van der Waals surface area contributed by atoms with Gasteiger partial charge < -0.3 is 34.6 Å². The van der Waals surface area contributed by atoms with Crippen molar-refractivity contribution in [1.82, 2.24) is 30.0 Å². The van der Waals surface area contributed by atoms with Crippen molar-refractivity contribution in [2.45, 2.75) is 52.4 Å². The van der Waals surface area contributed by atoms with Crippen LogP contribution >= 0.6 is 22.9 Å². The number of benzene rings is 2. The average molecular weight is 837 g/mol. The topological polar surface area (TPSA) is 163 Å². The van der Waals surface area contributed by atoms with Gasteiger partial charge in [0.1, 0.15) is 28.0 Å². The summed E-state index contributed by atoms with van der Waals surface area (Å²) in [6, 6.07) is 22.9. The van der Waals surface area contributed by atoms with Crippen molar-refractivity contribution in [1.29, 1.82) is 0 Å². The maximum Gasteiger partial charge on any atom is 0.320 e. The van der Waals surface area contributed by atoms with Gasteiger partial charge in [-0.25, -0.2) is 9.78 Å². The smallest absolute Gasteiger partial charge is 0.320 e. The van der Waals surface area contributed by atoms with E-state index < -0.39 is 16.8 Å². The number of rotatable bonds is 6. The van der Waals surface area contributed by atoms with Crippen molar-refractivity contribution < 1.29 is 29.0 Å². The van der Waals surface area contributed by atoms with E-state index >= 15 is 0 Å². The number of para-hydroxylation sites is 2. The molecule has 0 spiro atoms. The highest BCUT2D eigenvalue weighted by Gasteiger charge is 2.46. The molecule has 3 amide bonds. The Hall–Kier alpha value is -5.80. The van der Waals surface area contributed by atoms with E-state index in [1.165, 1.54) is 11.3 Å². The van der Waals surface area contributed by atoms with Gasteiger partial charge in [0.15, 0.2) is 0 Å². The molecule has 14 nitrogen and oxygen atoms in total. The lowest BCUT2D eigenvalue weighted by Crippen LogP contribution is -2.52. The molecular weight excluding hydrogens is 792 g/mol. The van der Waals surface area contributed by atoms with E-state index in [4.69, 9.17) is 26.1 Å². The molecule has 0 radical (unpaired) electrons. The molecular formula is C43H45ClN8O6S. The molecule has 2 aromatic carbocycles. The number of carbonyl (C=O) groups excluding carboxylic acids is 2. The summed E-state index contributed by atoms with van der Waals surface area (Å²) in [7, 11) is 0. The zero-order valence-corrected chi connectivity index (χ0v) is 34.8. The van der Waals surface area contributed by atoms with E-state index in [1.54, 1.807) is 31.5 Å². The molecule has 2 atom stereocenters. The maximum atomic E-state index is 13.5. The number of ether oxygens (including phenoxy) is 2. The molecule has 4 aliphatic heterocycles. The normalized spacial score (nSPS) is 18.2. The van der Waals surface area contributed by atoms with Crippen LogP contribution < -0.4 is 19.7 Å². The molecule has 59 heavy (non-hydrogen) atoms. The van der Waals surface area contributed by atoms with Crippen molar-refractivity contribution in [3.8, 4) is 23.3 Å². The average Bonchev–Trinajstić information content (AvgIpc) is 3.97. The number of anilines is 2. The summed E-state index contributed by atoms with van der Waals surface area (Å²) in [4.78, 5) is 53.2. The number of hydrogen-bond acceptors (Lipinski definition) is 11. The highest BCUT2D eigenvalue weighted by atomic mass is 35.5. The minimum Gasteiger partial charge on any atom is -0.481 e. The first kappa shape index (κ1) is 40.0. The summed E-state index contributed by atoms with van der Waals surface area (Å²) in [6.07, 6.45) is 2.19. The number of amides is 3. The lowest BCUT2D eigenvalue weighted by Gasteiger charge is -2.39. The van der Waals surface area contributed by atoms with E-state index in [0.29, 0.717) is 59.7 Å². The number of urea groups is 1. The first-order chi connectivity index (χ1) is 28.3. The molecule has 0 saturated carbocycles. The van der Waals surface area contributed by atoms with E-state index in [1.807, 2.05) is 84.3 Å². The highest BCUT2D eigenvalue weighted by molar-refractivity contribution is 7.13. The van der Waals surface area contributed by atoms with Crippen LogP contribution in [0.15, 0.2) is 78.3 Å². The van der Waals surface area contributed by atoms with Crippen LogP contribution in [-0.4, -0.2) is 92.2 Å². The Balaban J connectivity index is 0.000000195. The number of aliphatic carboxylic acids is 1. The van der Waals surface area contributed by atoms with Gasteiger partial charge in [0.25, 0.3) is 0 Å². The van der Waals surface area contributed by atoms with Gasteiger partial charge in [-0.2, -0.15) is 4.98 Å². The molecule has 2 saturated heterocycles. The lowest BCUT2D eigenvalue weighted by atomic mass is 9.70. The van der Waals surface area contributed by atoms with Crippen LogP contribution in [0, 0.1) is 10.8 Å². The fraction of sp³-hybridized carbons (Fsp3) is 0.372. The van der Waals surface area contributed by atoms with Crippen LogP contribution in [0.5, 0.6) is 23.3 Å². The summed E-state index contributed by atoms with van der Waals surface area (Å²) >= 11 is 7.21. The number of aromatic nitrogens is 4. The minimum atomic E-state index is -0.996. The fourth-order valence-corrected chi connectivity index (χ4v) is 8.93. The molecule has 3 aromatic heterocycles. The zero-order valence-electron chi connectivity index (χ0n) is 33.2. The predicted molar refractivity (Wildman–Crippen MR) is 224 cm³/mol. The molecule has 0 bridgehead atoms. The van der Waals surface area contributed by atoms with Gasteiger partial charge >= 0.3 is 12.0 Å². The number of likely N-dealkylation sites (tertiary alicyclic amines) is 1. The number of nitrogens with zero attached hydrogens (tertiary/aromatic N) is 7. The number of pyridine rings is 2. The molecule has 0 unspecified atom stereocenters. The van der Waals surface area contributed by atoms with Gasteiger partial charge in [0.2, 0.25) is 22.8 Å². The van der Waals surface area contributed by atoms with Crippen LogP contribution in [0.4, 0.5) is 15.7 Å². The predicted octanol–water partition coefficient (Wildman–Crippen LogP) is 8.26. The van der Waals surface area contributed by atoms with E-state index in [9.17, 15) is 19.5 Å². The summed E-state index contributed by atoms with van der Waals surface area (Å²) in [5.41, 5.74) is 3.17. The zero-order chi connectivity index (χ0) is 41.5. The Morgan fingerprint density at radius 1 is 0.729 bits per heavy atom. The quantitative estimate of drug-likeness (QED) is 0.158. The minimum absolute atomic E-state index is 0.148. The third-order valence-corrected chi connectivity index (χ3v) is 12.5. The Morgan fingerprint density at radius 2 is 1.29 bits per heavy atom. The molecule has 5 aromatic rings. The van der Waals surface area contributed by atoms with Gasteiger partial charge in [0.05, 0.1) is 10.8 Å². The number of fused-ring (bicyclic) bond motifs is 4. The van der Waals surface area contributed by atoms with Crippen molar-refractivity contribution in [2.24, 2.45) is 10.8 Å². The van der Waals surface area contributed by atoms with E-state index in [0.717, 1.165) is 54.0 Å². The summed E-state index contributed by atoms with van der Waals surface area (Å²) in [5.74, 6) is 1.39. The van der Waals surface area contributed by atoms with Crippen molar-refractivity contribution in [3.63, 3.8) is 0 Å². The van der Waals surface area contributed by atoms with Gasteiger partial charge in [-0.05, 0) is 63.1 Å². The molecule has 0 aliphatic carbocycles. The van der Waals surface area contributed by atoms with Crippen molar-refractivity contribution >= 4 is 51.8 Å². The third kappa shape index (κ3) is 7.76. The van der Waals surface area contributed by atoms with Gasteiger partial charge in [-0.3, -0.25) is 9.59 Å². The van der Waals surface area contributed by atoms with Crippen molar-refractivity contribution in [2.75, 3.05) is 49.5 Å². The molecule has 306 valence electrons. The second kappa shape index (κ2) is 16.1. The molecule has 4 aliphatic rings. The van der Waals surface area contributed by atoms with Crippen LogP contribution in [0.25, 0.3) is 0 Å². The molecule has 16 heteroatoms. The lowest BCUT2D eigenvalue weighted by molar-refractivity contribution is -0.147. The van der Waals surface area contributed by atoms with E-state index in [-0.39, 0.29) is 23.8 Å². The van der Waals surface area contributed by atoms with Crippen molar-refractivity contribution in [3.05, 3.63) is 106 Å². The van der Waals surface area contributed by atoms with Gasteiger partial charge in [-0.15, -0.1) is 10.2 Å². The number of halogens is 1. The van der Waals surface area contributed by atoms with Crippen LogP contribution in [0.3, 0.4) is 0 Å². The Labute approximate surface area is 351 Å². The standard InChI is InChI=1S/C27H31N7O3S.C16H14ClNO3/c1-27(2,24(35)30-25-31-28-17-38-25)22-18-7-3-4-8-20(18)37-23-19(22)9-10-21(29-23)32-13-15-34(16-14-32)26(36)33-11-5-6-12-33;1-16(2,15(19)20)13-9-5-3-4-6-11(9)21-14-10(13)7-8-12(17)18-14/h3-4,7-10,17,22H,5-6,11-16H2,1-2H3,(H,30,31,35);3-8,13H,1-2H3,(H,19,20)/t22-;13-/m00/s1. The van der Waals surface area contributed by atoms with E-state index in [2.05, 4.69) is 25.4 Å². The highest BCUT2D eigenvalue weighted by Crippen LogP contribution is 2.53. The summed E-state index contributed by atoms with van der Waals surface area (Å²) < 4.78 is 12.1. The Bertz CT molecular complexity index is 2380. The first-order valence-electron chi connectivity index (χ1n) is 19.6. The largest absolute Gasteiger partial charge is 0.481 e. The molecule has 9 rings (SSSR count). The molecule has 2 fully saturated rings. The number of carbonyl (C=O) groups is 3. The summed E-state index contributed by atoms with van der Waals surface area (Å²) in [6.45, 7) is 11.8. The number of hydrogen-bond donors (Lipinski definition) is 2. The number of nitrogens with one attached hydrogen (secondary N) is 1. The van der Waals surface area contributed by atoms with Crippen LogP contribution in [0.1, 0.15) is 74.6 Å². The maximum absolute atomic E-state index is 13.5. The number of carboxylic acids is 1. The molecule has 7 heterocycles. The first-order valence-corrected chi connectivity index (χ1v) is 20.9. The van der Waals surface area contributed by atoms with Gasteiger partial charge in [0, 0.05) is 73.4 Å². The third-order valence-electron chi connectivity index (χ3n) is 11.6. The second-order valence-corrected chi connectivity index (χ2v) is 17.4. The Morgan fingerprint density at radius 3 is 1.88 bits per heavy atom. The monoisotopic (exact) mass is 836 g/mol.